The highest BCUT2D eigenvalue weighted by molar-refractivity contribution is 7.87. The van der Waals surface area contributed by atoms with Crippen molar-refractivity contribution in [2.75, 3.05) is 14.1 Å². The molecule has 0 bridgehead atoms. The van der Waals surface area contributed by atoms with Gasteiger partial charge in [0, 0.05) is 0 Å². The van der Waals surface area contributed by atoms with E-state index in [0.29, 0.717) is 0 Å². The van der Waals surface area contributed by atoms with Gasteiger partial charge >= 0.3 is 21.3 Å². The summed E-state index contributed by atoms with van der Waals surface area (Å²) in [7, 11) is -2.60. The smallest absolute Gasteiger partial charge is 0.323 e. The molecule has 0 aliphatic carbocycles. The molecule has 0 amide bonds. The van der Waals surface area contributed by atoms with E-state index >= 15 is 0 Å². The van der Waals surface area contributed by atoms with Crippen LogP contribution in [-0.4, -0.2) is 44.4 Å². The molecule has 0 aliphatic heterocycles. The third-order valence-electron chi connectivity index (χ3n) is 1.65. The molecule has 0 saturated heterocycles. The van der Waals surface area contributed by atoms with E-state index in [1.165, 1.54) is 6.92 Å². The van der Waals surface area contributed by atoms with E-state index in [-0.39, 0.29) is 6.42 Å². The molecule has 4 nitrogen and oxygen atoms in total. The molecule has 0 rings (SSSR count). The molecule has 0 radical (unpaired) electrons. The molecule has 0 aliphatic rings. The molecule has 0 aromatic heterocycles. The first-order chi connectivity index (χ1) is 7.90. The summed E-state index contributed by atoms with van der Waals surface area (Å²) in [5, 5.41) is -3.07. The monoisotopic (exact) mass is 301 g/mol. The molecule has 1 unspecified atom stereocenters. The third-order valence-corrected chi connectivity index (χ3v) is 2.57. The van der Waals surface area contributed by atoms with Gasteiger partial charge in [0.1, 0.15) is 0 Å². The van der Waals surface area contributed by atoms with Crippen molar-refractivity contribution < 1.29 is 34.9 Å². The maximum Gasteiger partial charge on any atom is 0.434 e. The Morgan fingerprint density at radius 1 is 1.22 bits per heavy atom. The second-order valence-corrected chi connectivity index (χ2v) is 4.83. The average molecular weight is 301 g/mol. The molecule has 112 valence electrons. The molecule has 0 fully saturated rings. The Kier molecular flexibility index (Phi) is 7.93. The van der Waals surface area contributed by atoms with Crippen molar-refractivity contribution in [1.29, 1.82) is 0 Å². The van der Waals surface area contributed by atoms with Crippen LogP contribution in [0.3, 0.4) is 0 Å². The second-order valence-electron chi connectivity index (χ2n) is 3.37. The van der Waals surface area contributed by atoms with Gasteiger partial charge in [-0.1, -0.05) is 13.3 Å². The Labute approximate surface area is 102 Å². The van der Waals surface area contributed by atoms with E-state index in [4.69, 9.17) is 4.55 Å². The van der Waals surface area contributed by atoms with Gasteiger partial charge < -0.3 is 5.32 Å². The van der Waals surface area contributed by atoms with E-state index in [2.05, 4.69) is 5.32 Å². The highest BCUT2D eigenvalue weighted by Crippen LogP contribution is 2.42. The Morgan fingerprint density at radius 3 is 1.78 bits per heavy atom. The van der Waals surface area contributed by atoms with Crippen LogP contribution in [0.2, 0.25) is 0 Å². The minimum atomic E-state index is -6.35. The van der Waals surface area contributed by atoms with Crippen molar-refractivity contribution in [3.8, 4) is 0 Å². The van der Waals surface area contributed by atoms with E-state index in [1.54, 1.807) is 0 Å². The van der Waals surface area contributed by atoms with Gasteiger partial charge in [0.15, 0.2) is 6.17 Å². The van der Waals surface area contributed by atoms with Crippen molar-refractivity contribution in [2.24, 2.45) is 0 Å². The van der Waals surface area contributed by atoms with Crippen molar-refractivity contribution in [2.45, 2.75) is 37.1 Å². The molecule has 0 heterocycles. The van der Waals surface area contributed by atoms with Crippen LogP contribution in [0.1, 0.15) is 19.8 Å². The fourth-order valence-corrected chi connectivity index (χ4v) is 1.26. The lowest BCUT2D eigenvalue weighted by molar-refractivity contribution is -0.198. The molecule has 0 aromatic rings. The van der Waals surface area contributed by atoms with Crippen LogP contribution >= 0.6 is 0 Å². The summed E-state index contributed by atoms with van der Waals surface area (Å²) in [6, 6.07) is 0. The summed E-state index contributed by atoms with van der Waals surface area (Å²) in [4.78, 5) is 0. The minimum absolute atomic E-state index is 0.168. The van der Waals surface area contributed by atoms with E-state index in [1.807, 2.05) is 14.1 Å². The first-order valence-corrected chi connectivity index (χ1v) is 6.29. The number of alkyl halides is 5. The van der Waals surface area contributed by atoms with Crippen LogP contribution in [0.15, 0.2) is 0 Å². The number of rotatable bonds is 5. The largest absolute Gasteiger partial charge is 0.434 e. The summed E-state index contributed by atoms with van der Waals surface area (Å²) in [6.07, 6.45) is -4.43. The summed E-state index contributed by atoms with van der Waals surface area (Å²) in [5.74, 6) is -5.45. The number of nitrogens with one attached hydrogen (secondary N) is 1. The van der Waals surface area contributed by atoms with E-state index in [0.717, 1.165) is 0 Å². The molecule has 18 heavy (non-hydrogen) atoms. The van der Waals surface area contributed by atoms with Gasteiger partial charge in [-0.3, -0.25) is 4.55 Å². The van der Waals surface area contributed by atoms with Crippen LogP contribution in [0.25, 0.3) is 0 Å². The van der Waals surface area contributed by atoms with Gasteiger partial charge in [-0.25, -0.2) is 4.39 Å². The number of halogens is 5. The van der Waals surface area contributed by atoms with Gasteiger partial charge in [-0.05, 0) is 20.5 Å². The lowest BCUT2D eigenvalue weighted by Crippen LogP contribution is -2.52. The summed E-state index contributed by atoms with van der Waals surface area (Å²) < 4.78 is 90.5. The van der Waals surface area contributed by atoms with Crippen molar-refractivity contribution >= 4 is 10.1 Å². The number of hydrogen-bond donors (Lipinski definition) is 2. The first-order valence-electron chi connectivity index (χ1n) is 4.85. The molecule has 0 saturated carbocycles. The highest BCUT2D eigenvalue weighted by Gasteiger charge is 2.69. The number of hydrogen-bond acceptors (Lipinski definition) is 3. The fraction of sp³-hybridized carbons (Fsp3) is 1.00. The maximum atomic E-state index is 12.6. The molecule has 0 spiro atoms. The molecule has 2 N–H and O–H groups in total. The Morgan fingerprint density at radius 2 is 1.56 bits per heavy atom. The van der Waals surface area contributed by atoms with Crippen molar-refractivity contribution in [3.63, 3.8) is 0 Å². The van der Waals surface area contributed by atoms with E-state index < -0.39 is 33.9 Å². The first kappa shape index (κ1) is 19.9. The van der Waals surface area contributed by atoms with Gasteiger partial charge in [-0.15, -0.1) is 0 Å². The molecule has 1 atom stereocenters. The highest BCUT2D eigenvalue weighted by atomic mass is 32.2. The van der Waals surface area contributed by atoms with Crippen LogP contribution in [0.4, 0.5) is 22.0 Å². The van der Waals surface area contributed by atoms with Gasteiger partial charge in [0.2, 0.25) is 0 Å². The Balaban J connectivity index is 0. The minimum Gasteiger partial charge on any atom is -0.323 e. The van der Waals surface area contributed by atoms with Crippen molar-refractivity contribution in [3.05, 3.63) is 0 Å². The predicted molar refractivity (Wildman–Crippen MR) is 56.2 cm³/mol. The van der Waals surface area contributed by atoms with Crippen molar-refractivity contribution in [1.82, 2.24) is 5.32 Å². The molecular weight excluding hydrogens is 285 g/mol. The van der Waals surface area contributed by atoms with Gasteiger partial charge in [0.05, 0.1) is 0 Å². The molecule has 0 aromatic carbocycles. The van der Waals surface area contributed by atoms with Crippen LogP contribution in [-0.2, 0) is 10.1 Å². The fourth-order valence-electron chi connectivity index (χ4n) is 0.789. The Hall–Kier alpha value is -0.480. The third kappa shape index (κ3) is 4.65. The topological polar surface area (TPSA) is 66.4 Å². The van der Waals surface area contributed by atoms with Crippen LogP contribution in [0.5, 0.6) is 0 Å². The zero-order chi connectivity index (χ0) is 15.2. The predicted octanol–water partition coefficient (Wildman–Crippen LogP) is 2.08. The zero-order valence-electron chi connectivity index (χ0n) is 10.1. The molecular formula is C8H16F5NO3S. The summed E-state index contributed by atoms with van der Waals surface area (Å²) in [6.45, 7) is 1.26. The summed E-state index contributed by atoms with van der Waals surface area (Å²) in [5.41, 5.74) is 0. The lowest BCUT2D eigenvalue weighted by atomic mass is 10.1. The summed E-state index contributed by atoms with van der Waals surface area (Å²) >= 11 is 0. The Bertz CT molecular complexity index is 334. The zero-order valence-corrected chi connectivity index (χ0v) is 10.9. The molecule has 10 heteroatoms. The lowest BCUT2D eigenvalue weighted by Gasteiger charge is -2.26. The normalized spacial score (nSPS) is 14.7. The second kappa shape index (κ2) is 7.19. The van der Waals surface area contributed by atoms with Gasteiger partial charge in [-0.2, -0.15) is 26.0 Å². The van der Waals surface area contributed by atoms with Gasteiger partial charge in [0.25, 0.3) is 0 Å². The van der Waals surface area contributed by atoms with Crippen LogP contribution in [0, 0.1) is 0 Å². The quantitative estimate of drug-likeness (QED) is 0.603. The van der Waals surface area contributed by atoms with Crippen LogP contribution < -0.4 is 5.32 Å². The average Bonchev–Trinajstić information content (AvgIpc) is 2.17. The standard InChI is InChI=1S/C6H9F5O3S.C2H7N/c1-2-3-4(7)5(8,9)6(10,11)15(12,13)14;1-3-2/h4H,2-3H2,1H3,(H,12,13,14);3H,1-2H3. The SMILES string of the molecule is CCCC(F)C(F)(F)C(F)(F)S(=O)(=O)O.CNC. The maximum absolute atomic E-state index is 12.6. The van der Waals surface area contributed by atoms with E-state index in [9.17, 15) is 30.4 Å².